The molecule has 0 amide bonds. The van der Waals surface area contributed by atoms with Gasteiger partial charge in [-0.25, -0.2) is 0 Å². The van der Waals surface area contributed by atoms with Crippen LogP contribution in [0.4, 0.5) is 13.2 Å². The Kier molecular flexibility index (Phi) is 5.70. The minimum absolute atomic E-state index is 0. The predicted molar refractivity (Wildman–Crippen MR) is 88.5 cm³/mol. The molecule has 2 aromatic rings. The molecule has 1 aromatic carbocycles. The summed E-state index contributed by atoms with van der Waals surface area (Å²) in [5, 5.41) is 11.6. The topological polar surface area (TPSA) is 72.9 Å². The van der Waals surface area contributed by atoms with E-state index in [-0.39, 0.29) is 17.8 Å². The van der Waals surface area contributed by atoms with E-state index in [1.165, 1.54) is 16.8 Å². The molecule has 6 nitrogen and oxygen atoms in total. The largest absolute Gasteiger partial charge is 0.416 e. The van der Waals surface area contributed by atoms with Crippen LogP contribution >= 0.6 is 12.4 Å². The summed E-state index contributed by atoms with van der Waals surface area (Å²) in [6.07, 6.45) is -3.35. The highest BCUT2D eigenvalue weighted by Crippen LogP contribution is 2.31. The summed E-state index contributed by atoms with van der Waals surface area (Å²) >= 11 is 0. The molecule has 25 heavy (non-hydrogen) atoms. The van der Waals surface area contributed by atoms with Crippen molar-refractivity contribution in [2.45, 2.75) is 26.1 Å². The number of hydrogen-bond acceptors (Lipinski definition) is 5. The van der Waals surface area contributed by atoms with E-state index in [0.29, 0.717) is 24.6 Å². The highest BCUT2D eigenvalue weighted by atomic mass is 35.5. The minimum atomic E-state index is -4.36. The van der Waals surface area contributed by atoms with Crippen molar-refractivity contribution in [3.8, 4) is 5.69 Å². The van der Waals surface area contributed by atoms with E-state index in [1.54, 1.807) is 0 Å². The zero-order chi connectivity index (χ0) is 17.4. The van der Waals surface area contributed by atoms with Gasteiger partial charge < -0.3 is 5.73 Å². The first-order valence-corrected chi connectivity index (χ1v) is 7.68. The molecule has 3 rings (SSSR count). The molecule has 1 fully saturated rings. The van der Waals surface area contributed by atoms with Crippen LogP contribution < -0.4 is 5.73 Å². The number of nitrogens with zero attached hydrogens (tertiary/aromatic N) is 5. The van der Waals surface area contributed by atoms with Crippen molar-refractivity contribution in [2.75, 3.05) is 19.6 Å². The SMILES string of the molecule is CC1(CN)CCN(Cc2nnnn2-c2ccc(C(F)(F)F)cc2)C1.Cl. The Morgan fingerprint density at radius 3 is 2.48 bits per heavy atom. The summed E-state index contributed by atoms with van der Waals surface area (Å²) < 4.78 is 39.4. The molecule has 0 aliphatic carbocycles. The Hall–Kier alpha value is -1.71. The lowest BCUT2D eigenvalue weighted by molar-refractivity contribution is -0.137. The first kappa shape index (κ1) is 19.6. The van der Waals surface area contributed by atoms with Gasteiger partial charge in [0.2, 0.25) is 0 Å². The van der Waals surface area contributed by atoms with Crippen molar-refractivity contribution >= 4 is 12.4 Å². The van der Waals surface area contributed by atoms with Gasteiger partial charge in [-0.1, -0.05) is 6.92 Å². The van der Waals surface area contributed by atoms with Crippen molar-refractivity contribution in [1.82, 2.24) is 25.1 Å². The van der Waals surface area contributed by atoms with Gasteiger partial charge in [-0.15, -0.1) is 17.5 Å². The fraction of sp³-hybridized carbons (Fsp3) is 0.533. The molecule has 0 saturated carbocycles. The van der Waals surface area contributed by atoms with Gasteiger partial charge in [0.25, 0.3) is 0 Å². The predicted octanol–water partition coefficient (Wildman–Crippen LogP) is 2.27. The number of aromatic nitrogens is 4. The molecule has 1 aliphatic rings. The lowest BCUT2D eigenvalue weighted by atomic mass is 9.90. The molecule has 1 aromatic heterocycles. The molecule has 1 aliphatic heterocycles. The smallest absolute Gasteiger partial charge is 0.330 e. The van der Waals surface area contributed by atoms with Crippen molar-refractivity contribution in [1.29, 1.82) is 0 Å². The monoisotopic (exact) mass is 376 g/mol. The first-order chi connectivity index (χ1) is 11.3. The zero-order valence-electron chi connectivity index (χ0n) is 13.7. The van der Waals surface area contributed by atoms with Crippen molar-refractivity contribution in [3.63, 3.8) is 0 Å². The Morgan fingerprint density at radius 1 is 1.24 bits per heavy atom. The number of alkyl halides is 3. The molecule has 2 heterocycles. The molecule has 138 valence electrons. The van der Waals surface area contributed by atoms with Gasteiger partial charge in [0.1, 0.15) is 0 Å². The molecule has 0 radical (unpaired) electrons. The average Bonchev–Trinajstić information content (AvgIpc) is 3.15. The van der Waals surface area contributed by atoms with E-state index >= 15 is 0 Å². The van der Waals surface area contributed by atoms with Gasteiger partial charge in [-0.2, -0.15) is 17.9 Å². The van der Waals surface area contributed by atoms with Gasteiger partial charge in [0.15, 0.2) is 5.82 Å². The average molecular weight is 377 g/mol. The Labute approximate surface area is 149 Å². The maximum atomic E-state index is 12.7. The van der Waals surface area contributed by atoms with Gasteiger partial charge in [-0.3, -0.25) is 4.90 Å². The lowest BCUT2D eigenvalue weighted by Crippen LogP contribution is -2.31. The minimum Gasteiger partial charge on any atom is -0.330 e. The molecule has 0 spiro atoms. The summed E-state index contributed by atoms with van der Waals surface area (Å²) in [7, 11) is 0. The molecular formula is C15H20ClF3N6. The normalized spacial score (nSPS) is 21.3. The van der Waals surface area contributed by atoms with Crippen molar-refractivity contribution < 1.29 is 13.2 Å². The van der Waals surface area contributed by atoms with Crippen LogP contribution in [0.25, 0.3) is 5.69 Å². The quantitative estimate of drug-likeness (QED) is 0.886. The number of tetrazole rings is 1. The van der Waals surface area contributed by atoms with Crippen LogP contribution in [-0.4, -0.2) is 44.7 Å². The Morgan fingerprint density at radius 2 is 1.92 bits per heavy atom. The second kappa shape index (κ2) is 7.27. The van der Waals surface area contributed by atoms with Crippen molar-refractivity contribution in [2.24, 2.45) is 11.1 Å². The molecule has 1 saturated heterocycles. The fourth-order valence-electron chi connectivity index (χ4n) is 2.92. The number of halogens is 4. The van der Waals surface area contributed by atoms with Crippen LogP contribution in [0.5, 0.6) is 0 Å². The summed E-state index contributed by atoms with van der Waals surface area (Å²) in [5.74, 6) is 0.594. The molecule has 1 atom stereocenters. The molecule has 2 N–H and O–H groups in total. The highest BCUT2D eigenvalue weighted by molar-refractivity contribution is 5.85. The molecule has 0 bridgehead atoms. The zero-order valence-corrected chi connectivity index (χ0v) is 14.5. The number of benzene rings is 1. The lowest BCUT2D eigenvalue weighted by Gasteiger charge is -2.22. The number of hydrogen-bond donors (Lipinski definition) is 1. The van der Waals surface area contributed by atoms with Gasteiger partial charge in [0.05, 0.1) is 17.8 Å². The Bertz CT molecular complexity index is 702. The third-order valence-corrected chi connectivity index (χ3v) is 4.47. The van der Waals surface area contributed by atoms with Gasteiger partial charge in [-0.05, 0) is 59.6 Å². The standard InChI is InChI=1S/C15H19F3N6.ClH/c1-14(9-19)6-7-23(10-14)8-13-20-21-22-24(13)12-4-2-11(3-5-12)15(16,17)18;/h2-5H,6-10,19H2,1H3;1H. The molecular weight excluding hydrogens is 357 g/mol. The summed E-state index contributed by atoms with van der Waals surface area (Å²) in [6, 6.07) is 4.80. The third kappa shape index (κ3) is 4.28. The van der Waals surface area contributed by atoms with Gasteiger partial charge >= 0.3 is 6.18 Å². The molecule has 1 unspecified atom stereocenters. The van der Waals surface area contributed by atoms with E-state index in [9.17, 15) is 13.2 Å². The van der Waals surface area contributed by atoms with Crippen LogP contribution in [-0.2, 0) is 12.7 Å². The van der Waals surface area contributed by atoms with Crippen LogP contribution in [0.15, 0.2) is 24.3 Å². The Balaban J connectivity index is 0.00000225. The molecule has 10 heteroatoms. The van der Waals surface area contributed by atoms with E-state index in [4.69, 9.17) is 5.73 Å². The second-order valence-corrected chi connectivity index (χ2v) is 6.53. The van der Waals surface area contributed by atoms with Gasteiger partial charge in [0, 0.05) is 6.54 Å². The second-order valence-electron chi connectivity index (χ2n) is 6.53. The van der Waals surface area contributed by atoms with E-state index in [0.717, 1.165) is 31.6 Å². The van der Waals surface area contributed by atoms with Crippen LogP contribution in [0, 0.1) is 5.41 Å². The van der Waals surface area contributed by atoms with Crippen LogP contribution in [0.1, 0.15) is 24.7 Å². The number of likely N-dealkylation sites (tertiary alicyclic amines) is 1. The first-order valence-electron chi connectivity index (χ1n) is 7.68. The van der Waals surface area contributed by atoms with Crippen LogP contribution in [0.3, 0.4) is 0 Å². The van der Waals surface area contributed by atoms with Crippen molar-refractivity contribution in [3.05, 3.63) is 35.7 Å². The summed E-state index contributed by atoms with van der Waals surface area (Å²) in [5.41, 5.74) is 5.71. The maximum absolute atomic E-state index is 12.7. The fourth-order valence-corrected chi connectivity index (χ4v) is 2.92. The summed E-state index contributed by atoms with van der Waals surface area (Å²) in [4.78, 5) is 2.21. The van der Waals surface area contributed by atoms with Crippen LogP contribution in [0.2, 0.25) is 0 Å². The van der Waals surface area contributed by atoms with E-state index in [2.05, 4.69) is 27.3 Å². The van der Waals surface area contributed by atoms with E-state index in [1.807, 2.05) is 0 Å². The number of nitrogens with two attached hydrogens (primary N) is 1. The highest BCUT2D eigenvalue weighted by Gasteiger charge is 2.33. The maximum Gasteiger partial charge on any atom is 0.416 e. The van der Waals surface area contributed by atoms with E-state index < -0.39 is 11.7 Å². The number of rotatable bonds is 4. The third-order valence-electron chi connectivity index (χ3n) is 4.47. The summed E-state index contributed by atoms with van der Waals surface area (Å²) in [6.45, 7) is 5.04.